The van der Waals surface area contributed by atoms with Crippen LogP contribution in [0.4, 0.5) is 4.39 Å². The standard InChI is InChI=1S/C18H15FN2/c1-12-3-9-16(20-11-12)14-5-7-15(8-6-14)17-10-4-13(2)18(19)21-17/h3-11H,1-2H3. The van der Waals surface area contributed by atoms with E-state index in [4.69, 9.17) is 0 Å². The third-order valence-electron chi connectivity index (χ3n) is 3.42. The van der Waals surface area contributed by atoms with Crippen molar-refractivity contribution in [2.24, 2.45) is 0 Å². The molecule has 3 aromatic rings. The predicted octanol–water partition coefficient (Wildman–Crippen LogP) is 4.57. The van der Waals surface area contributed by atoms with E-state index in [0.29, 0.717) is 11.3 Å². The van der Waals surface area contributed by atoms with Crippen LogP contribution in [0.2, 0.25) is 0 Å². The predicted molar refractivity (Wildman–Crippen MR) is 82.3 cm³/mol. The van der Waals surface area contributed by atoms with Gasteiger partial charge in [0.15, 0.2) is 0 Å². The average Bonchev–Trinajstić information content (AvgIpc) is 2.51. The van der Waals surface area contributed by atoms with Crippen molar-refractivity contribution in [1.82, 2.24) is 9.97 Å². The largest absolute Gasteiger partial charge is 0.256 e. The molecule has 3 rings (SSSR count). The lowest BCUT2D eigenvalue weighted by Crippen LogP contribution is -1.91. The summed E-state index contributed by atoms with van der Waals surface area (Å²) in [6, 6.07) is 15.4. The Morgan fingerprint density at radius 2 is 1.38 bits per heavy atom. The van der Waals surface area contributed by atoms with Crippen LogP contribution in [0.25, 0.3) is 22.5 Å². The van der Waals surface area contributed by atoms with Gasteiger partial charge in [-0.3, -0.25) is 4.98 Å². The highest BCUT2D eigenvalue weighted by Gasteiger charge is 2.05. The quantitative estimate of drug-likeness (QED) is 0.642. The molecule has 2 nitrogen and oxygen atoms in total. The molecule has 0 unspecified atom stereocenters. The summed E-state index contributed by atoms with van der Waals surface area (Å²) in [4.78, 5) is 8.38. The molecular formula is C18H15FN2. The third-order valence-corrected chi connectivity index (χ3v) is 3.42. The van der Waals surface area contributed by atoms with Crippen molar-refractivity contribution in [2.75, 3.05) is 0 Å². The fraction of sp³-hybridized carbons (Fsp3) is 0.111. The second kappa shape index (κ2) is 5.44. The smallest absolute Gasteiger partial charge is 0.216 e. The van der Waals surface area contributed by atoms with Gasteiger partial charge in [-0.2, -0.15) is 4.39 Å². The highest BCUT2D eigenvalue weighted by molar-refractivity contribution is 5.66. The van der Waals surface area contributed by atoms with Crippen LogP contribution >= 0.6 is 0 Å². The lowest BCUT2D eigenvalue weighted by molar-refractivity contribution is 0.576. The Hall–Kier alpha value is -2.55. The first-order chi connectivity index (χ1) is 10.1. The molecule has 0 aliphatic carbocycles. The van der Waals surface area contributed by atoms with E-state index < -0.39 is 5.95 Å². The summed E-state index contributed by atoms with van der Waals surface area (Å²) in [5, 5.41) is 0. The molecule has 104 valence electrons. The number of aromatic nitrogens is 2. The number of pyridine rings is 2. The van der Waals surface area contributed by atoms with Crippen molar-refractivity contribution in [3.05, 3.63) is 71.8 Å². The summed E-state index contributed by atoms with van der Waals surface area (Å²) in [5.41, 5.74) is 5.18. The van der Waals surface area contributed by atoms with E-state index in [2.05, 4.69) is 9.97 Å². The van der Waals surface area contributed by atoms with Gasteiger partial charge in [-0.25, -0.2) is 4.98 Å². The molecule has 1 aromatic carbocycles. The zero-order valence-corrected chi connectivity index (χ0v) is 12.0. The van der Waals surface area contributed by atoms with Crippen LogP contribution < -0.4 is 0 Å². The molecule has 2 aromatic heterocycles. The van der Waals surface area contributed by atoms with Gasteiger partial charge in [0.25, 0.3) is 0 Å². The number of nitrogens with zero attached hydrogens (tertiary/aromatic N) is 2. The maximum absolute atomic E-state index is 13.5. The summed E-state index contributed by atoms with van der Waals surface area (Å²) >= 11 is 0. The summed E-state index contributed by atoms with van der Waals surface area (Å²) in [6.45, 7) is 3.72. The normalized spacial score (nSPS) is 10.6. The maximum Gasteiger partial charge on any atom is 0.216 e. The van der Waals surface area contributed by atoms with Crippen molar-refractivity contribution in [2.45, 2.75) is 13.8 Å². The number of hydrogen-bond acceptors (Lipinski definition) is 2. The molecule has 0 aliphatic heterocycles. The number of rotatable bonds is 2. The Labute approximate surface area is 123 Å². The molecule has 0 saturated carbocycles. The van der Waals surface area contributed by atoms with Gasteiger partial charge in [0.2, 0.25) is 5.95 Å². The fourth-order valence-corrected chi connectivity index (χ4v) is 2.11. The molecule has 0 N–H and O–H groups in total. The highest BCUT2D eigenvalue weighted by Crippen LogP contribution is 2.23. The Morgan fingerprint density at radius 1 is 0.762 bits per heavy atom. The number of halogens is 1. The fourth-order valence-electron chi connectivity index (χ4n) is 2.11. The number of hydrogen-bond donors (Lipinski definition) is 0. The van der Waals surface area contributed by atoms with Crippen molar-refractivity contribution in [3.8, 4) is 22.5 Å². The van der Waals surface area contributed by atoms with Gasteiger partial charge in [0.05, 0.1) is 11.4 Å². The second-order valence-corrected chi connectivity index (χ2v) is 5.10. The molecular weight excluding hydrogens is 263 g/mol. The summed E-state index contributed by atoms with van der Waals surface area (Å²) in [6.07, 6.45) is 1.85. The van der Waals surface area contributed by atoms with Crippen LogP contribution in [0.15, 0.2) is 54.7 Å². The average molecular weight is 278 g/mol. The topological polar surface area (TPSA) is 25.8 Å². The Kier molecular flexibility index (Phi) is 3.48. The van der Waals surface area contributed by atoms with Crippen LogP contribution in [-0.4, -0.2) is 9.97 Å². The molecule has 0 saturated heterocycles. The minimum atomic E-state index is -0.420. The molecule has 0 atom stereocenters. The summed E-state index contributed by atoms with van der Waals surface area (Å²) < 4.78 is 13.5. The Bertz CT molecular complexity index is 762. The van der Waals surface area contributed by atoms with Crippen LogP contribution in [0.3, 0.4) is 0 Å². The van der Waals surface area contributed by atoms with E-state index in [1.54, 1.807) is 13.0 Å². The van der Waals surface area contributed by atoms with Gasteiger partial charge in [0.1, 0.15) is 0 Å². The van der Waals surface area contributed by atoms with Gasteiger partial charge >= 0.3 is 0 Å². The van der Waals surface area contributed by atoms with E-state index in [-0.39, 0.29) is 0 Å². The molecule has 21 heavy (non-hydrogen) atoms. The summed E-state index contributed by atoms with van der Waals surface area (Å²) in [5.74, 6) is -0.420. The molecule has 0 bridgehead atoms. The maximum atomic E-state index is 13.5. The third kappa shape index (κ3) is 2.82. The molecule has 0 amide bonds. The first kappa shape index (κ1) is 13.4. The van der Waals surface area contributed by atoms with Gasteiger partial charge in [-0.15, -0.1) is 0 Å². The molecule has 0 radical (unpaired) electrons. The van der Waals surface area contributed by atoms with Gasteiger partial charge in [-0.05, 0) is 31.5 Å². The monoisotopic (exact) mass is 278 g/mol. The van der Waals surface area contributed by atoms with E-state index in [0.717, 1.165) is 22.4 Å². The lowest BCUT2D eigenvalue weighted by Gasteiger charge is -2.05. The van der Waals surface area contributed by atoms with Crippen LogP contribution in [0.1, 0.15) is 11.1 Å². The molecule has 0 aliphatic rings. The van der Waals surface area contributed by atoms with Crippen LogP contribution in [0.5, 0.6) is 0 Å². The number of benzene rings is 1. The van der Waals surface area contributed by atoms with E-state index in [9.17, 15) is 4.39 Å². The highest BCUT2D eigenvalue weighted by atomic mass is 19.1. The van der Waals surface area contributed by atoms with Gasteiger partial charge in [0, 0.05) is 22.9 Å². The zero-order chi connectivity index (χ0) is 14.8. The number of aryl methyl sites for hydroxylation is 2. The van der Waals surface area contributed by atoms with Crippen molar-refractivity contribution in [1.29, 1.82) is 0 Å². The second-order valence-electron chi connectivity index (χ2n) is 5.10. The molecule has 3 heteroatoms. The zero-order valence-electron chi connectivity index (χ0n) is 12.0. The first-order valence-corrected chi connectivity index (χ1v) is 6.80. The molecule has 2 heterocycles. The van der Waals surface area contributed by atoms with Crippen LogP contribution in [0, 0.1) is 19.8 Å². The summed E-state index contributed by atoms with van der Waals surface area (Å²) in [7, 11) is 0. The van der Waals surface area contributed by atoms with E-state index in [1.807, 2.05) is 55.6 Å². The molecule has 0 spiro atoms. The van der Waals surface area contributed by atoms with Crippen molar-refractivity contribution in [3.63, 3.8) is 0 Å². The van der Waals surface area contributed by atoms with E-state index >= 15 is 0 Å². The minimum Gasteiger partial charge on any atom is -0.256 e. The lowest BCUT2D eigenvalue weighted by atomic mass is 10.1. The Balaban J connectivity index is 1.93. The van der Waals surface area contributed by atoms with Crippen molar-refractivity contribution < 1.29 is 4.39 Å². The minimum absolute atomic E-state index is 0.420. The van der Waals surface area contributed by atoms with E-state index in [1.165, 1.54) is 0 Å². The van der Waals surface area contributed by atoms with Gasteiger partial charge < -0.3 is 0 Å². The van der Waals surface area contributed by atoms with Crippen molar-refractivity contribution >= 4 is 0 Å². The van der Waals surface area contributed by atoms with Gasteiger partial charge in [-0.1, -0.05) is 36.4 Å². The first-order valence-electron chi connectivity index (χ1n) is 6.80. The Morgan fingerprint density at radius 3 is 1.95 bits per heavy atom. The SMILES string of the molecule is Cc1ccc(-c2ccc(-c3ccc(C)c(F)n3)cc2)nc1. The van der Waals surface area contributed by atoms with Crippen LogP contribution in [-0.2, 0) is 0 Å². The molecule has 0 fully saturated rings.